The van der Waals surface area contributed by atoms with Crippen LogP contribution in [0.25, 0.3) is 88.1 Å². The Balaban J connectivity index is 1.30. The highest BCUT2D eigenvalue weighted by atomic mass is 16.3. The maximum Gasteiger partial charge on any atom is 0.159 e. The predicted molar refractivity (Wildman–Crippen MR) is 188 cm³/mol. The number of furan rings is 1. The van der Waals surface area contributed by atoms with Crippen molar-refractivity contribution in [1.82, 2.24) is 9.13 Å². The van der Waals surface area contributed by atoms with Crippen LogP contribution in [-0.2, 0) is 0 Å². The molecule has 210 valence electrons. The van der Waals surface area contributed by atoms with Crippen LogP contribution in [0.3, 0.4) is 0 Å². The summed E-state index contributed by atoms with van der Waals surface area (Å²) >= 11 is 0. The second-order valence-corrected chi connectivity index (χ2v) is 11.8. The van der Waals surface area contributed by atoms with Gasteiger partial charge in [-0.1, -0.05) is 109 Å². The van der Waals surface area contributed by atoms with E-state index in [1.54, 1.807) is 0 Å². The Hall–Kier alpha value is -6.06. The molecule has 0 bridgehead atoms. The summed E-state index contributed by atoms with van der Waals surface area (Å²) in [6.45, 7) is 0. The van der Waals surface area contributed by atoms with Crippen LogP contribution in [0, 0.1) is 0 Å². The van der Waals surface area contributed by atoms with Crippen molar-refractivity contribution in [3.8, 4) is 22.5 Å². The van der Waals surface area contributed by atoms with Crippen molar-refractivity contribution >= 4 is 65.6 Å². The van der Waals surface area contributed by atoms with Crippen molar-refractivity contribution in [1.29, 1.82) is 0 Å². The van der Waals surface area contributed by atoms with E-state index in [1.807, 2.05) is 6.07 Å². The van der Waals surface area contributed by atoms with Crippen LogP contribution < -0.4 is 0 Å². The third kappa shape index (κ3) is 3.46. The number of hydrogen-bond donors (Lipinski definition) is 0. The summed E-state index contributed by atoms with van der Waals surface area (Å²) in [5, 5.41) is 7.22. The highest BCUT2D eigenvalue weighted by molar-refractivity contribution is 6.20. The van der Waals surface area contributed by atoms with Crippen molar-refractivity contribution in [2.45, 2.75) is 0 Å². The second kappa shape index (κ2) is 9.22. The molecule has 0 saturated carbocycles. The summed E-state index contributed by atoms with van der Waals surface area (Å²) in [4.78, 5) is 0. The summed E-state index contributed by atoms with van der Waals surface area (Å²) in [6, 6.07) is 56.5. The second-order valence-electron chi connectivity index (χ2n) is 11.8. The Morgan fingerprint density at radius 3 is 1.69 bits per heavy atom. The fourth-order valence-electron chi connectivity index (χ4n) is 7.31. The Labute approximate surface area is 258 Å². The minimum Gasteiger partial charge on any atom is -0.454 e. The van der Waals surface area contributed by atoms with Crippen LogP contribution in [0.2, 0.25) is 0 Å². The van der Waals surface area contributed by atoms with Crippen molar-refractivity contribution in [3.05, 3.63) is 158 Å². The average molecular weight is 575 g/mol. The maximum absolute atomic E-state index is 6.56. The van der Waals surface area contributed by atoms with Gasteiger partial charge in [-0.25, -0.2) is 0 Å². The molecule has 0 radical (unpaired) electrons. The van der Waals surface area contributed by atoms with Gasteiger partial charge in [0, 0.05) is 38.0 Å². The fourth-order valence-corrected chi connectivity index (χ4v) is 7.31. The largest absolute Gasteiger partial charge is 0.454 e. The summed E-state index contributed by atoms with van der Waals surface area (Å²) in [5.41, 5.74) is 11.1. The molecule has 3 aromatic heterocycles. The van der Waals surface area contributed by atoms with Gasteiger partial charge in [0.05, 0.1) is 27.8 Å². The van der Waals surface area contributed by atoms with Crippen LogP contribution >= 0.6 is 0 Å². The number of hydrogen-bond acceptors (Lipinski definition) is 1. The number of rotatable bonds is 3. The van der Waals surface area contributed by atoms with Crippen LogP contribution in [0.4, 0.5) is 0 Å². The zero-order chi connectivity index (χ0) is 29.5. The lowest BCUT2D eigenvalue weighted by atomic mass is 10.1. The van der Waals surface area contributed by atoms with E-state index in [9.17, 15) is 0 Å². The van der Waals surface area contributed by atoms with Gasteiger partial charge in [-0.2, -0.15) is 0 Å². The van der Waals surface area contributed by atoms with Gasteiger partial charge in [-0.05, 0) is 59.7 Å². The molecule has 0 saturated heterocycles. The first kappa shape index (κ1) is 24.4. The molecule has 7 aromatic carbocycles. The molecule has 0 fully saturated rings. The molecule has 0 spiro atoms. The maximum atomic E-state index is 6.56. The molecule has 0 amide bonds. The molecule has 0 aliphatic carbocycles. The van der Waals surface area contributed by atoms with Gasteiger partial charge < -0.3 is 13.6 Å². The minimum absolute atomic E-state index is 0.901. The molecule has 45 heavy (non-hydrogen) atoms. The number of benzene rings is 7. The Morgan fingerprint density at radius 1 is 0.356 bits per heavy atom. The third-order valence-electron chi connectivity index (χ3n) is 9.32. The summed E-state index contributed by atoms with van der Waals surface area (Å²) in [5.74, 6) is 0. The van der Waals surface area contributed by atoms with Gasteiger partial charge in [0.25, 0.3) is 0 Å². The van der Waals surface area contributed by atoms with E-state index in [-0.39, 0.29) is 0 Å². The monoisotopic (exact) mass is 574 g/mol. The van der Waals surface area contributed by atoms with Crippen molar-refractivity contribution in [2.24, 2.45) is 0 Å². The van der Waals surface area contributed by atoms with Crippen LogP contribution in [-0.4, -0.2) is 9.13 Å². The summed E-state index contributed by atoms with van der Waals surface area (Å²) in [6.07, 6.45) is 0. The molecule has 0 aliphatic heterocycles. The Morgan fingerprint density at radius 2 is 0.933 bits per heavy atom. The third-order valence-corrected chi connectivity index (χ3v) is 9.32. The minimum atomic E-state index is 0.901. The van der Waals surface area contributed by atoms with E-state index < -0.39 is 0 Å². The molecule has 3 nitrogen and oxygen atoms in total. The van der Waals surface area contributed by atoms with Gasteiger partial charge >= 0.3 is 0 Å². The van der Waals surface area contributed by atoms with E-state index in [4.69, 9.17) is 4.42 Å². The molecular formula is C42H26N2O. The zero-order valence-electron chi connectivity index (χ0n) is 24.3. The normalized spacial score (nSPS) is 12.0. The number of para-hydroxylation sites is 4. The Bertz CT molecular complexity index is 2740. The van der Waals surface area contributed by atoms with E-state index in [2.05, 4.69) is 161 Å². The van der Waals surface area contributed by atoms with E-state index in [0.717, 1.165) is 44.3 Å². The molecule has 3 heteroatoms. The highest BCUT2D eigenvalue weighted by Crippen LogP contribution is 2.41. The first-order valence-corrected chi connectivity index (χ1v) is 15.4. The van der Waals surface area contributed by atoms with Crippen molar-refractivity contribution < 1.29 is 4.42 Å². The summed E-state index contributed by atoms with van der Waals surface area (Å²) < 4.78 is 11.3. The fraction of sp³-hybridized carbons (Fsp3) is 0. The lowest BCUT2D eigenvalue weighted by molar-refractivity contribution is 0.666. The SMILES string of the molecule is c1ccc(-c2ccc(-n3c4ccccc4c4cc5c6ccccc6n(-c6cccc7c6oc6ccccc67)c5cc43)cc2)cc1. The van der Waals surface area contributed by atoms with Crippen LogP contribution in [0.1, 0.15) is 0 Å². The van der Waals surface area contributed by atoms with Crippen LogP contribution in [0.5, 0.6) is 0 Å². The molecule has 0 atom stereocenters. The van der Waals surface area contributed by atoms with E-state index in [1.165, 1.54) is 43.7 Å². The molecule has 0 N–H and O–H groups in total. The number of nitrogens with zero attached hydrogens (tertiary/aromatic N) is 2. The van der Waals surface area contributed by atoms with Crippen molar-refractivity contribution in [3.63, 3.8) is 0 Å². The zero-order valence-corrected chi connectivity index (χ0v) is 24.3. The van der Waals surface area contributed by atoms with E-state index in [0.29, 0.717) is 0 Å². The standard InChI is InChI=1S/C42H26N2O/c1-2-11-27(12-3-1)28-21-23-29(24-22-28)43-36-17-7-4-13-30(36)34-25-35-31-14-5-8-18-37(31)44(40(35)26-39(34)43)38-19-10-16-33-32-15-6-9-20-41(32)45-42(33)38/h1-26H. The van der Waals surface area contributed by atoms with Gasteiger partial charge in [0.15, 0.2) is 5.58 Å². The Kier molecular flexibility index (Phi) is 5.00. The summed E-state index contributed by atoms with van der Waals surface area (Å²) in [7, 11) is 0. The lowest BCUT2D eigenvalue weighted by Crippen LogP contribution is -1.96. The average Bonchev–Trinajstić information content (AvgIpc) is 3.75. The first-order chi connectivity index (χ1) is 22.3. The highest BCUT2D eigenvalue weighted by Gasteiger charge is 2.20. The van der Waals surface area contributed by atoms with Crippen LogP contribution in [0.15, 0.2) is 162 Å². The first-order valence-electron chi connectivity index (χ1n) is 15.4. The number of fused-ring (bicyclic) bond motifs is 9. The van der Waals surface area contributed by atoms with E-state index >= 15 is 0 Å². The van der Waals surface area contributed by atoms with Gasteiger partial charge in [-0.3, -0.25) is 0 Å². The molecule has 0 aliphatic rings. The van der Waals surface area contributed by atoms with Gasteiger partial charge in [0.1, 0.15) is 5.58 Å². The molecule has 3 heterocycles. The van der Waals surface area contributed by atoms with Gasteiger partial charge in [0.2, 0.25) is 0 Å². The molecule has 10 rings (SSSR count). The smallest absolute Gasteiger partial charge is 0.159 e. The molecule has 0 unspecified atom stereocenters. The predicted octanol–water partition coefficient (Wildman–Crippen LogP) is 11.4. The topological polar surface area (TPSA) is 23.0 Å². The number of aromatic nitrogens is 2. The van der Waals surface area contributed by atoms with Crippen molar-refractivity contribution in [2.75, 3.05) is 0 Å². The lowest BCUT2D eigenvalue weighted by Gasteiger charge is -2.11. The quantitative estimate of drug-likeness (QED) is 0.206. The van der Waals surface area contributed by atoms with Gasteiger partial charge in [-0.15, -0.1) is 0 Å². The molecular weight excluding hydrogens is 548 g/mol. The molecule has 10 aromatic rings.